The molecular weight excluding hydrogens is 192 g/mol. The summed E-state index contributed by atoms with van der Waals surface area (Å²) in [5.41, 5.74) is -0.676. The molecule has 0 bridgehead atoms. The van der Waals surface area contributed by atoms with Crippen molar-refractivity contribution in [1.29, 1.82) is 0 Å². The van der Waals surface area contributed by atoms with Crippen molar-refractivity contribution in [1.82, 2.24) is 10.2 Å². The zero-order chi connectivity index (χ0) is 11.1. The number of rotatable bonds is 1. The van der Waals surface area contributed by atoms with E-state index in [0.717, 1.165) is 19.3 Å². The van der Waals surface area contributed by atoms with E-state index in [9.17, 15) is 9.59 Å². The van der Waals surface area contributed by atoms with Crippen LogP contribution in [0.4, 0.5) is 0 Å². The summed E-state index contributed by atoms with van der Waals surface area (Å²) in [6.07, 6.45) is 3.14. The SMILES string of the molecule is CC1(C)C(=O)NCCN1C(=O)C1CCC1. The van der Waals surface area contributed by atoms with Gasteiger partial charge >= 0.3 is 0 Å². The third-order valence-corrected chi connectivity index (χ3v) is 3.57. The van der Waals surface area contributed by atoms with Crippen LogP contribution in [0.15, 0.2) is 0 Å². The second kappa shape index (κ2) is 3.51. The molecule has 0 unspecified atom stereocenters. The van der Waals surface area contributed by atoms with Gasteiger partial charge in [-0.15, -0.1) is 0 Å². The molecule has 84 valence electrons. The Kier molecular flexibility index (Phi) is 2.44. The third-order valence-electron chi connectivity index (χ3n) is 3.57. The normalized spacial score (nSPS) is 25.7. The number of hydrogen-bond acceptors (Lipinski definition) is 2. The number of nitrogens with zero attached hydrogens (tertiary/aromatic N) is 1. The molecule has 2 amide bonds. The van der Waals surface area contributed by atoms with Gasteiger partial charge in [0.1, 0.15) is 5.54 Å². The molecule has 2 rings (SSSR count). The van der Waals surface area contributed by atoms with Gasteiger partial charge in [-0.05, 0) is 26.7 Å². The molecule has 0 atom stereocenters. The first-order valence-corrected chi connectivity index (χ1v) is 5.63. The monoisotopic (exact) mass is 210 g/mol. The summed E-state index contributed by atoms with van der Waals surface area (Å²) in [7, 11) is 0. The lowest BCUT2D eigenvalue weighted by atomic mass is 9.83. The molecule has 2 fully saturated rings. The summed E-state index contributed by atoms with van der Waals surface area (Å²) in [5.74, 6) is 0.303. The van der Waals surface area contributed by atoms with Gasteiger partial charge in [0.05, 0.1) is 0 Å². The Morgan fingerprint density at radius 1 is 1.47 bits per heavy atom. The number of carbonyl (C=O) groups is 2. The summed E-state index contributed by atoms with van der Waals surface area (Å²) in [5, 5.41) is 2.80. The molecular formula is C11H18N2O2. The van der Waals surface area contributed by atoms with E-state index in [4.69, 9.17) is 0 Å². The quantitative estimate of drug-likeness (QED) is 0.686. The van der Waals surface area contributed by atoms with Crippen LogP contribution >= 0.6 is 0 Å². The molecule has 1 aliphatic heterocycles. The van der Waals surface area contributed by atoms with E-state index in [0.29, 0.717) is 13.1 Å². The molecule has 0 spiro atoms. The molecule has 0 radical (unpaired) electrons. The average molecular weight is 210 g/mol. The van der Waals surface area contributed by atoms with Crippen LogP contribution in [0.2, 0.25) is 0 Å². The highest BCUT2D eigenvalue weighted by Gasteiger charge is 2.43. The lowest BCUT2D eigenvalue weighted by Gasteiger charge is -2.44. The van der Waals surface area contributed by atoms with Crippen LogP contribution in [0.1, 0.15) is 33.1 Å². The Balaban J connectivity index is 2.12. The molecule has 1 N–H and O–H groups in total. The van der Waals surface area contributed by atoms with Gasteiger partial charge in [0.2, 0.25) is 11.8 Å². The van der Waals surface area contributed by atoms with Crippen molar-refractivity contribution in [3.05, 3.63) is 0 Å². The van der Waals surface area contributed by atoms with E-state index >= 15 is 0 Å². The predicted molar refractivity (Wildman–Crippen MR) is 56.1 cm³/mol. The summed E-state index contributed by atoms with van der Waals surface area (Å²) in [6, 6.07) is 0. The summed E-state index contributed by atoms with van der Waals surface area (Å²) < 4.78 is 0. The van der Waals surface area contributed by atoms with Gasteiger partial charge in [0.15, 0.2) is 0 Å². The van der Waals surface area contributed by atoms with Crippen LogP contribution in [-0.2, 0) is 9.59 Å². The van der Waals surface area contributed by atoms with E-state index in [1.165, 1.54) is 0 Å². The van der Waals surface area contributed by atoms with E-state index in [1.54, 1.807) is 4.90 Å². The standard InChI is InChI=1S/C11H18N2O2/c1-11(2)10(15)12-6-7-13(11)9(14)8-4-3-5-8/h8H,3-7H2,1-2H3,(H,12,15). The highest BCUT2D eigenvalue weighted by atomic mass is 16.2. The first-order valence-electron chi connectivity index (χ1n) is 5.63. The van der Waals surface area contributed by atoms with Gasteiger partial charge < -0.3 is 10.2 Å². The Labute approximate surface area is 90.0 Å². The summed E-state index contributed by atoms with van der Waals surface area (Å²) in [4.78, 5) is 25.5. The second-order valence-electron chi connectivity index (χ2n) is 4.93. The zero-order valence-corrected chi connectivity index (χ0v) is 9.38. The fourth-order valence-corrected chi connectivity index (χ4v) is 2.16. The molecule has 4 nitrogen and oxygen atoms in total. The number of amides is 2. The Morgan fingerprint density at radius 3 is 2.67 bits per heavy atom. The highest BCUT2D eigenvalue weighted by Crippen LogP contribution is 2.31. The number of piperazine rings is 1. The van der Waals surface area contributed by atoms with Gasteiger partial charge in [0, 0.05) is 19.0 Å². The molecule has 15 heavy (non-hydrogen) atoms. The zero-order valence-electron chi connectivity index (χ0n) is 9.38. The highest BCUT2D eigenvalue weighted by molar-refractivity contribution is 5.92. The van der Waals surface area contributed by atoms with Crippen molar-refractivity contribution >= 4 is 11.8 Å². The Morgan fingerprint density at radius 2 is 2.13 bits per heavy atom. The molecule has 1 saturated heterocycles. The van der Waals surface area contributed by atoms with Crippen molar-refractivity contribution in [2.45, 2.75) is 38.6 Å². The predicted octanol–water partition coefficient (Wildman–Crippen LogP) is 0.523. The van der Waals surface area contributed by atoms with Crippen molar-refractivity contribution in [2.24, 2.45) is 5.92 Å². The maximum absolute atomic E-state index is 12.1. The van der Waals surface area contributed by atoms with Crippen LogP contribution in [0, 0.1) is 5.92 Å². The maximum Gasteiger partial charge on any atom is 0.245 e. The molecule has 0 aromatic heterocycles. The van der Waals surface area contributed by atoms with Crippen molar-refractivity contribution in [3.63, 3.8) is 0 Å². The molecule has 2 aliphatic rings. The second-order valence-corrected chi connectivity index (χ2v) is 4.93. The molecule has 1 saturated carbocycles. The summed E-state index contributed by atoms with van der Waals surface area (Å²) >= 11 is 0. The molecule has 0 aromatic carbocycles. The number of hydrogen-bond donors (Lipinski definition) is 1. The Hall–Kier alpha value is -1.06. The smallest absolute Gasteiger partial charge is 0.245 e. The topological polar surface area (TPSA) is 49.4 Å². The van der Waals surface area contributed by atoms with Crippen LogP contribution < -0.4 is 5.32 Å². The van der Waals surface area contributed by atoms with Crippen LogP contribution in [0.5, 0.6) is 0 Å². The fraction of sp³-hybridized carbons (Fsp3) is 0.818. The van der Waals surface area contributed by atoms with Crippen LogP contribution in [0.3, 0.4) is 0 Å². The van der Waals surface area contributed by atoms with E-state index < -0.39 is 5.54 Å². The van der Waals surface area contributed by atoms with Gasteiger partial charge in [-0.1, -0.05) is 6.42 Å². The lowest BCUT2D eigenvalue weighted by molar-refractivity contribution is -0.153. The van der Waals surface area contributed by atoms with E-state index in [-0.39, 0.29) is 17.7 Å². The van der Waals surface area contributed by atoms with Gasteiger partial charge in [-0.3, -0.25) is 9.59 Å². The number of nitrogens with one attached hydrogen (secondary N) is 1. The molecule has 1 heterocycles. The lowest BCUT2D eigenvalue weighted by Crippen LogP contribution is -2.64. The number of carbonyl (C=O) groups excluding carboxylic acids is 2. The van der Waals surface area contributed by atoms with Crippen LogP contribution in [0.25, 0.3) is 0 Å². The molecule has 0 aromatic rings. The summed E-state index contributed by atoms with van der Waals surface area (Å²) in [6.45, 7) is 4.87. The van der Waals surface area contributed by atoms with Crippen LogP contribution in [-0.4, -0.2) is 35.3 Å². The van der Waals surface area contributed by atoms with Crippen molar-refractivity contribution in [2.75, 3.05) is 13.1 Å². The van der Waals surface area contributed by atoms with Gasteiger partial charge in [-0.2, -0.15) is 0 Å². The minimum absolute atomic E-state index is 0.0403. The maximum atomic E-state index is 12.1. The molecule has 1 aliphatic carbocycles. The van der Waals surface area contributed by atoms with Gasteiger partial charge in [-0.25, -0.2) is 0 Å². The largest absolute Gasteiger partial charge is 0.352 e. The van der Waals surface area contributed by atoms with E-state index in [1.807, 2.05) is 13.8 Å². The average Bonchev–Trinajstić information content (AvgIpc) is 2.06. The van der Waals surface area contributed by atoms with Gasteiger partial charge in [0.25, 0.3) is 0 Å². The van der Waals surface area contributed by atoms with Crippen molar-refractivity contribution in [3.8, 4) is 0 Å². The fourth-order valence-electron chi connectivity index (χ4n) is 2.16. The first kappa shape index (κ1) is 10.5. The minimum Gasteiger partial charge on any atom is -0.352 e. The van der Waals surface area contributed by atoms with Crippen molar-refractivity contribution < 1.29 is 9.59 Å². The Bertz CT molecular complexity index is 295. The molecule has 4 heteroatoms. The third kappa shape index (κ3) is 1.62. The first-order chi connectivity index (χ1) is 7.03. The van der Waals surface area contributed by atoms with E-state index in [2.05, 4.69) is 5.32 Å². The minimum atomic E-state index is -0.676.